The molecule has 2 aliphatic heterocycles. The minimum absolute atomic E-state index is 0.171. The van der Waals surface area contributed by atoms with Crippen LogP contribution in [0.2, 0.25) is 0 Å². The van der Waals surface area contributed by atoms with Crippen LogP contribution in [0.3, 0.4) is 0 Å². The van der Waals surface area contributed by atoms with Gasteiger partial charge in [0.1, 0.15) is 0 Å². The molecule has 4 rings (SSSR count). The number of tetrazole rings is 1. The molecule has 0 bridgehead atoms. The van der Waals surface area contributed by atoms with E-state index in [0.29, 0.717) is 11.3 Å². The van der Waals surface area contributed by atoms with E-state index in [1.165, 1.54) is 0 Å². The third kappa shape index (κ3) is 1.62. The van der Waals surface area contributed by atoms with Crippen LogP contribution in [-0.4, -0.2) is 44.1 Å². The SMILES string of the molecule is CC1N2C(=O)C(C(=O)c3nn[nH]n3)C(=O)c3cccc(c32)C1(C)C. The van der Waals surface area contributed by atoms with E-state index in [1.807, 2.05) is 26.8 Å². The molecule has 2 unspecified atom stereocenters. The quantitative estimate of drug-likeness (QED) is 0.649. The van der Waals surface area contributed by atoms with E-state index in [4.69, 9.17) is 0 Å². The molecule has 24 heavy (non-hydrogen) atoms. The Balaban J connectivity index is 1.90. The summed E-state index contributed by atoms with van der Waals surface area (Å²) in [6.45, 7) is 5.98. The zero-order valence-corrected chi connectivity index (χ0v) is 13.4. The monoisotopic (exact) mass is 325 g/mol. The number of hydrogen-bond donors (Lipinski definition) is 1. The fourth-order valence-electron chi connectivity index (χ4n) is 3.60. The van der Waals surface area contributed by atoms with E-state index in [9.17, 15) is 14.4 Å². The molecule has 2 atom stereocenters. The number of nitrogens with zero attached hydrogens (tertiary/aromatic N) is 4. The number of Topliss-reactive ketones (excluding diaryl/α,β-unsaturated/α-hetero) is 2. The van der Waals surface area contributed by atoms with Gasteiger partial charge < -0.3 is 4.90 Å². The van der Waals surface area contributed by atoms with E-state index in [2.05, 4.69) is 20.6 Å². The maximum Gasteiger partial charge on any atom is 0.246 e. The van der Waals surface area contributed by atoms with Gasteiger partial charge in [-0.25, -0.2) is 0 Å². The zero-order valence-electron chi connectivity index (χ0n) is 13.4. The number of rotatable bonds is 2. The first-order valence-electron chi connectivity index (χ1n) is 7.64. The lowest BCUT2D eigenvalue weighted by atomic mass is 9.80. The molecule has 0 radical (unpaired) electrons. The Morgan fingerprint density at radius 3 is 2.71 bits per heavy atom. The molecular weight excluding hydrogens is 310 g/mol. The minimum atomic E-state index is -1.46. The maximum atomic E-state index is 13.0. The summed E-state index contributed by atoms with van der Waals surface area (Å²) in [6.07, 6.45) is 0. The molecule has 3 heterocycles. The van der Waals surface area contributed by atoms with Crippen molar-refractivity contribution in [2.75, 3.05) is 4.90 Å². The fourth-order valence-corrected chi connectivity index (χ4v) is 3.60. The highest BCUT2D eigenvalue weighted by molar-refractivity contribution is 6.34. The van der Waals surface area contributed by atoms with Gasteiger partial charge in [-0.15, -0.1) is 10.2 Å². The molecule has 122 valence electrons. The first-order valence-corrected chi connectivity index (χ1v) is 7.64. The van der Waals surface area contributed by atoms with Gasteiger partial charge >= 0.3 is 0 Å². The van der Waals surface area contributed by atoms with E-state index in [0.717, 1.165) is 5.56 Å². The van der Waals surface area contributed by atoms with Crippen LogP contribution in [-0.2, 0) is 10.2 Å². The van der Waals surface area contributed by atoms with Gasteiger partial charge in [0, 0.05) is 17.0 Å². The Morgan fingerprint density at radius 1 is 1.29 bits per heavy atom. The lowest BCUT2D eigenvalue weighted by Gasteiger charge is -2.34. The Bertz CT molecular complexity index is 887. The number of carbonyl (C=O) groups is 3. The van der Waals surface area contributed by atoms with Crippen molar-refractivity contribution in [3.05, 3.63) is 35.2 Å². The van der Waals surface area contributed by atoms with Crippen LogP contribution in [0.25, 0.3) is 0 Å². The van der Waals surface area contributed by atoms with E-state index < -0.39 is 23.4 Å². The normalized spacial score (nSPS) is 24.2. The Morgan fingerprint density at radius 2 is 2.04 bits per heavy atom. The summed E-state index contributed by atoms with van der Waals surface area (Å²) in [5, 5.41) is 12.7. The van der Waals surface area contributed by atoms with Gasteiger partial charge in [0.05, 0.1) is 5.69 Å². The first-order chi connectivity index (χ1) is 11.4. The molecular formula is C16H15N5O3. The number of anilines is 1. The number of amides is 1. The van der Waals surface area contributed by atoms with Crippen LogP contribution >= 0.6 is 0 Å². The number of ketones is 2. The second-order valence-electron chi connectivity index (χ2n) is 6.70. The number of aromatic amines is 1. The van der Waals surface area contributed by atoms with Crippen LogP contribution in [0.4, 0.5) is 5.69 Å². The van der Waals surface area contributed by atoms with E-state index in [-0.39, 0.29) is 17.3 Å². The summed E-state index contributed by atoms with van der Waals surface area (Å²) in [5.41, 5.74) is 1.65. The number of H-pyrrole nitrogens is 1. The van der Waals surface area contributed by atoms with Gasteiger partial charge in [-0.3, -0.25) is 14.4 Å². The Hall–Kier alpha value is -2.90. The van der Waals surface area contributed by atoms with Gasteiger partial charge in [-0.05, 0) is 23.8 Å². The van der Waals surface area contributed by atoms with Gasteiger partial charge in [-0.1, -0.05) is 26.0 Å². The van der Waals surface area contributed by atoms with Gasteiger partial charge in [0.2, 0.25) is 17.5 Å². The minimum Gasteiger partial charge on any atom is -0.307 e. The molecule has 2 aromatic rings. The number of hydrogen-bond acceptors (Lipinski definition) is 6. The van der Waals surface area contributed by atoms with Crippen molar-refractivity contribution in [1.82, 2.24) is 20.6 Å². The Kier molecular flexibility index (Phi) is 2.79. The van der Waals surface area contributed by atoms with Gasteiger partial charge in [0.25, 0.3) is 0 Å². The maximum absolute atomic E-state index is 13.0. The van der Waals surface area contributed by atoms with Crippen molar-refractivity contribution in [3.8, 4) is 0 Å². The van der Waals surface area contributed by atoms with Crippen molar-refractivity contribution < 1.29 is 14.4 Å². The average molecular weight is 325 g/mol. The molecule has 1 aromatic heterocycles. The van der Waals surface area contributed by atoms with Gasteiger partial charge in [-0.2, -0.15) is 5.21 Å². The third-order valence-corrected chi connectivity index (χ3v) is 5.24. The predicted octanol–water partition coefficient (Wildman–Crippen LogP) is 0.908. The molecule has 0 fully saturated rings. The number of benzene rings is 1. The zero-order chi connectivity index (χ0) is 17.2. The summed E-state index contributed by atoms with van der Waals surface area (Å²) >= 11 is 0. The summed E-state index contributed by atoms with van der Waals surface area (Å²) < 4.78 is 0. The first kappa shape index (κ1) is 14.7. The summed E-state index contributed by atoms with van der Waals surface area (Å²) in [7, 11) is 0. The summed E-state index contributed by atoms with van der Waals surface area (Å²) in [5.74, 6) is -3.47. The molecule has 0 saturated carbocycles. The van der Waals surface area contributed by atoms with Crippen molar-refractivity contribution in [2.45, 2.75) is 32.2 Å². The highest BCUT2D eigenvalue weighted by Crippen LogP contribution is 2.49. The van der Waals surface area contributed by atoms with Crippen molar-refractivity contribution in [3.63, 3.8) is 0 Å². The largest absolute Gasteiger partial charge is 0.307 e. The van der Waals surface area contributed by atoms with E-state index in [1.54, 1.807) is 17.0 Å². The third-order valence-electron chi connectivity index (χ3n) is 5.24. The molecule has 0 spiro atoms. The average Bonchev–Trinajstić information content (AvgIpc) is 3.14. The summed E-state index contributed by atoms with van der Waals surface area (Å²) in [4.78, 5) is 40.0. The lowest BCUT2D eigenvalue weighted by molar-refractivity contribution is -0.120. The summed E-state index contributed by atoms with van der Waals surface area (Å²) in [6, 6.07) is 5.20. The van der Waals surface area contributed by atoms with Crippen LogP contribution in [0.1, 0.15) is 47.3 Å². The fraction of sp³-hybridized carbons (Fsp3) is 0.375. The molecule has 8 heteroatoms. The highest BCUT2D eigenvalue weighted by Gasteiger charge is 2.54. The lowest BCUT2D eigenvalue weighted by Crippen LogP contribution is -2.52. The molecule has 1 aromatic carbocycles. The number of aromatic nitrogens is 4. The topological polar surface area (TPSA) is 109 Å². The van der Waals surface area contributed by atoms with Gasteiger partial charge in [0.15, 0.2) is 11.7 Å². The van der Waals surface area contributed by atoms with Crippen LogP contribution < -0.4 is 4.90 Å². The second kappa shape index (κ2) is 4.56. The number of nitrogens with one attached hydrogen (secondary N) is 1. The smallest absolute Gasteiger partial charge is 0.246 e. The van der Waals surface area contributed by atoms with Crippen LogP contribution in [0.15, 0.2) is 18.2 Å². The standard InChI is InChI=1S/C16H15N5O3/c1-7-16(2,3)9-6-4-5-8-11(9)21(7)15(24)10(12(8)22)13(23)14-17-19-20-18-14/h4-7,10H,1-3H3,(H,17,18,19,20). The number of para-hydroxylation sites is 1. The molecule has 0 aliphatic carbocycles. The van der Waals surface area contributed by atoms with Crippen molar-refractivity contribution >= 4 is 23.2 Å². The Labute approximate surface area is 137 Å². The van der Waals surface area contributed by atoms with Crippen molar-refractivity contribution in [1.29, 1.82) is 0 Å². The van der Waals surface area contributed by atoms with E-state index >= 15 is 0 Å². The van der Waals surface area contributed by atoms with Crippen LogP contribution in [0, 0.1) is 5.92 Å². The predicted molar refractivity (Wildman–Crippen MR) is 82.7 cm³/mol. The molecule has 0 saturated heterocycles. The molecule has 8 nitrogen and oxygen atoms in total. The van der Waals surface area contributed by atoms with Crippen molar-refractivity contribution in [2.24, 2.45) is 5.92 Å². The molecule has 1 amide bonds. The molecule has 1 N–H and O–H groups in total. The highest BCUT2D eigenvalue weighted by atomic mass is 16.2. The molecule has 2 aliphatic rings. The second-order valence-corrected chi connectivity index (χ2v) is 6.70. The van der Waals surface area contributed by atoms with Crippen LogP contribution in [0.5, 0.6) is 0 Å². The number of carbonyl (C=O) groups excluding carboxylic acids is 3.